The van der Waals surface area contributed by atoms with E-state index in [-0.39, 0.29) is 14.9 Å². The van der Waals surface area contributed by atoms with Gasteiger partial charge in [0.2, 0.25) is 0 Å². The van der Waals surface area contributed by atoms with Crippen molar-refractivity contribution in [3.05, 3.63) is 31.6 Å². The number of rotatable bonds is 4. The number of halogens is 2. The number of anilines is 1. The third-order valence-corrected chi connectivity index (χ3v) is 3.04. The van der Waals surface area contributed by atoms with Gasteiger partial charge in [0.1, 0.15) is 17.0 Å². The predicted molar refractivity (Wildman–Crippen MR) is 71.1 cm³/mol. The number of carboxylic acids is 1. The predicted octanol–water partition coefficient (Wildman–Crippen LogP) is 2.61. The first-order valence-corrected chi connectivity index (χ1v) is 5.88. The molecule has 0 atom stereocenters. The number of hydrogen-bond acceptors (Lipinski definition) is 4. The van der Waals surface area contributed by atoms with Gasteiger partial charge in [-0.25, -0.2) is 9.18 Å². The molecule has 0 fully saturated rings. The van der Waals surface area contributed by atoms with Crippen LogP contribution in [0.1, 0.15) is 13.8 Å². The Hall–Kier alpha value is -1.45. The summed E-state index contributed by atoms with van der Waals surface area (Å²) in [4.78, 5) is 21.1. The van der Waals surface area contributed by atoms with Crippen molar-refractivity contribution in [2.24, 2.45) is 0 Å². The third kappa shape index (κ3) is 3.06. The lowest BCUT2D eigenvalue weighted by Crippen LogP contribution is -2.40. The monoisotopic (exact) mass is 368 g/mol. The Morgan fingerprint density at radius 2 is 2.11 bits per heavy atom. The highest BCUT2D eigenvalue weighted by atomic mass is 127. The number of hydrogen-bond donors (Lipinski definition) is 2. The molecule has 0 aromatic heterocycles. The first kappa shape index (κ1) is 14.6. The van der Waals surface area contributed by atoms with Crippen molar-refractivity contribution in [1.29, 1.82) is 0 Å². The average molecular weight is 368 g/mol. The number of nitro benzene ring substituents is 1. The number of aliphatic carboxylic acids is 1. The van der Waals surface area contributed by atoms with Crippen LogP contribution in [0.2, 0.25) is 0 Å². The summed E-state index contributed by atoms with van der Waals surface area (Å²) in [6.07, 6.45) is 0. The van der Waals surface area contributed by atoms with Crippen LogP contribution in [0.5, 0.6) is 0 Å². The maximum atomic E-state index is 13.4. The van der Waals surface area contributed by atoms with Gasteiger partial charge in [-0.2, -0.15) is 0 Å². The van der Waals surface area contributed by atoms with Crippen LogP contribution in [0.3, 0.4) is 0 Å². The summed E-state index contributed by atoms with van der Waals surface area (Å²) < 4.78 is 13.5. The topological polar surface area (TPSA) is 92.5 Å². The highest BCUT2D eigenvalue weighted by Gasteiger charge is 2.30. The third-order valence-electron chi connectivity index (χ3n) is 2.22. The molecule has 0 amide bonds. The van der Waals surface area contributed by atoms with E-state index in [1.807, 2.05) is 0 Å². The number of benzene rings is 1. The van der Waals surface area contributed by atoms with Crippen molar-refractivity contribution >= 4 is 39.9 Å². The molecule has 1 aromatic carbocycles. The molecule has 0 saturated carbocycles. The first-order chi connectivity index (χ1) is 8.15. The zero-order valence-corrected chi connectivity index (χ0v) is 11.7. The minimum Gasteiger partial charge on any atom is -0.480 e. The molecule has 0 aliphatic heterocycles. The molecule has 2 N–H and O–H groups in total. The lowest BCUT2D eigenvalue weighted by Gasteiger charge is -2.22. The fraction of sp³-hybridized carbons (Fsp3) is 0.300. The summed E-state index contributed by atoms with van der Waals surface area (Å²) in [5.41, 5.74) is -1.97. The van der Waals surface area contributed by atoms with Crippen molar-refractivity contribution in [2.75, 3.05) is 5.32 Å². The van der Waals surface area contributed by atoms with Crippen LogP contribution in [0, 0.1) is 19.5 Å². The molecular formula is C10H10FIN2O4. The van der Waals surface area contributed by atoms with Gasteiger partial charge in [0.25, 0.3) is 5.69 Å². The van der Waals surface area contributed by atoms with E-state index < -0.39 is 22.2 Å². The van der Waals surface area contributed by atoms with Gasteiger partial charge in [-0.05, 0) is 36.4 Å². The highest BCUT2D eigenvalue weighted by molar-refractivity contribution is 14.1. The standard InChI is InChI=1S/C10H10FIN2O4/c1-10(2,9(15)16)13-7-3-5(11)6(12)4-8(7)14(17)18/h3-4,13H,1-2H3,(H,15,16). The molecular weight excluding hydrogens is 358 g/mol. The van der Waals surface area contributed by atoms with Gasteiger partial charge in [0, 0.05) is 12.1 Å². The van der Waals surface area contributed by atoms with Crippen LogP contribution in [-0.4, -0.2) is 21.5 Å². The van der Waals surface area contributed by atoms with Gasteiger partial charge in [0.05, 0.1) is 8.49 Å². The Balaban J connectivity index is 3.27. The SMILES string of the molecule is CC(C)(Nc1cc(F)c(I)cc1[N+](=O)[O-])C(=O)O. The van der Waals surface area contributed by atoms with E-state index in [0.29, 0.717) is 0 Å². The smallest absolute Gasteiger partial charge is 0.328 e. The normalized spacial score (nSPS) is 11.1. The van der Waals surface area contributed by atoms with Crippen molar-refractivity contribution < 1.29 is 19.2 Å². The van der Waals surface area contributed by atoms with Gasteiger partial charge in [-0.15, -0.1) is 0 Å². The summed E-state index contributed by atoms with van der Waals surface area (Å²) in [5, 5.41) is 22.2. The van der Waals surface area contributed by atoms with Gasteiger partial charge in [-0.3, -0.25) is 10.1 Å². The molecule has 0 radical (unpaired) electrons. The van der Waals surface area contributed by atoms with Crippen molar-refractivity contribution in [1.82, 2.24) is 0 Å². The minimum absolute atomic E-state index is 0.0954. The summed E-state index contributed by atoms with van der Waals surface area (Å²) >= 11 is 1.63. The molecule has 0 aliphatic rings. The zero-order chi connectivity index (χ0) is 14.1. The van der Waals surface area contributed by atoms with E-state index in [0.717, 1.165) is 12.1 Å². The second-order valence-electron chi connectivity index (χ2n) is 4.10. The van der Waals surface area contributed by atoms with Crippen LogP contribution in [0.4, 0.5) is 15.8 Å². The second kappa shape index (κ2) is 5.04. The Labute approximate surface area is 115 Å². The van der Waals surface area contributed by atoms with E-state index in [4.69, 9.17) is 5.11 Å². The lowest BCUT2D eigenvalue weighted by atomic mass is 10.1. The molecule has 6 nitrogen and oxygen atoms in total. The molecule has 0 aliphatic carbocycles. The molecule has 1 aromatic rings. The van der Waals surface area contributed by atoms with E-state index in [1.165, 1.54) is 13.8 Å². The molecule has 0 spiro atoms. The summed E-state index contributed by atoms with van der Waals surface area (Å²) in [7, 11) is 0. The van der Waals surface area contributed by atoms with Gasteiger partial charge in [-0.1, -0.05) is 0 Å². The molecule has 0 unspecified atom stereocenters. The molecule has 8 heteroatoms. The quantitative estimate of drug-likeness (QED) is 0.484. The summed E-state index contributed by atoms with van der Waals surface area (Å²) in [6.45, 7) is 2.66. The van der Waals surface area contributed by atoms with Gasteiger partial charge in [0.15, 0.2) is 0 Å². The highest BCUT2D eigenvalue weighted by Crippen LogP contribution is 2.30. The zero-order valence-electron chi connectivity index (χ0n) is 9.53. The number of carboxylic acid groups (broad SMARTS) is 1. The summed E-state index contributed by atoms with van der Waals surface area (Å²) in [6, 6.07) is 1.97. The van der Waals surface area contributed by atoms with Crippen LogP contribution < -0.4 is 5.32 Å². The molecule has 0 saturated heterocycles. The van der Waals surface area contributed by atoms with Crippen molar-refractivity contribution in [2.45, 2.75) is 19.4 Å². The fourth-order valence-electron chi connectivity index (χ4n) is 1.18. The lowest BCUT2D eigenvalue weighted by molar-refractivity contribution is -0.384. The average Bonchev–Trinajstić information content (AvgIpc) is 2.22. The minimum atomic E-state index is -1.44. The maximum absolute atomic E-state index is 13.4. The van der Waals surface area contributed by atoms with Gasteiger partial charge >= 0.3 is 5.97 Å². The largest absolute Gasteiger partial charge is 0.480 e. The molecule has 18 heavy (non-hydrogen) atoms. The number of nitrogens with one attached hydrogen (secondary N) is 1. The van der Waals surface area contributed by atoms with Crippen LogP contribution in [0.25, 0.3) is 0 Å². The molecule has 1 rings (SSSR count). The number of nitro groups is 1. The Morgan fingerprint density at radius 1 is 1.56 bits per heavy atom. The first-order valence-electron chi connectivity index (χ1n) is 4.80. The molecule has 0 bridgehead atoms. The second-order valence-corrected chi connectivity index (χ2v) is 5.26. The Kier molecular flexibility index (Phi) is 4.09. The summed E-state index contributed by atoms with van der Waals surface area (Å²) in [5.74, 6) is -1.85. The van der Waals surface area contributed by atoms with E-state index in [1.54, 1.807) is 22.6 Å². The number of carbonyl (C=O) groups is 1. The Bertz CT molecular complexity index is 519. The molecule has 98 valence electrons. The van der Waals surface area contributed by atoms with E-state index in [9.17, 15) is 19.3 Å². The maximum Gasteiger partial charge on any atom is 0.328 e. The van der Waals surface area contributed by atoms with Crippen molar-refractivity contribution in [3.8, 4) is 0 Å². The van der Waals surface area contributed by atoms with E-state index >= 15 is 0 Å². The fourth-order valence-corrected chi connectivity index (χ4v) is 1.63. The van der Waals surface area contributed by atoms with Crippen LogP contribution >= 0.6 is 22.6 Å². The van der Waals surface area contributed by atoms with Gasteiger partial charge < -0.3 is 10.4 Å². The van der Waals surface area contributed by atoms with Crippen LogP contribution in [0.15, 0.2) is 12.1 Å². The van der Waals surface area contributed by atoms with E-state index in [2.05, 4.69) is 5.32 Å². The van der Waals surface area contributed by atoms with Crippen molar-refractivity contribution in [3.63, 3.8) is 0 Å². The Morgan fingerprint density at radius 3 is 2.56 bits per heavy atom. The van der Waals surface area contributed by atoms with Crippen LogP contribution in [-0.2, 0) is 4.79 Å². The molecule has 0 heterocycles. The number of nitrogens with zero attached hydrogens (tertiary/aromatic N) is 1.